The van der Waals surface area contributed by atoms with E-state index in [2.05, 4.69) is 10.3 Å². The van der Waals surface area contributed by atoms with Crippen LogP contribution >= 0.6 is 0 Å². The minimum absolute atomic E-state index is 0.00323. The Morgan fingerprint density at radius 3 is 2.75 bits per heavy atom. The van der Waals surface area contributed by atoms with Crippen LogP contribution in [-0.2, 0) is 4.79 Å². The number of guanidine groups is 1. The van der Waals surface area contributed by atoms with Crippen molar-refractivity contribution in [2.45, 2.75) is 31.1 Å². The number of nitrogens with zero attached hydrogens (tertiary/aromatic N) is 2. The largest absolute Gasteiger partial charge is 0.480 e. The molecule has 6 N–H and O–H groups in total. The van der Waals surface area contributed by atoms with Crippen LogP contribution < -0.4 is 16.8 Å². The predicted octanol–water partition coefficient (Wildman–Crippen LogP) is -1.89. The first-order valence-electron chi connectivity index (χ1n) is 5.39. The minimum atomic E-state index is -0.791. The van der Waals surface area contributed by atoms with Crippen molar-refractivity contribution in [3.63, 3.8) is 0 Å². The van der Waals surface area contributed by atoms with Crippen LogP contribution in [0, 0.1) is 0 Å². The van der Waals surface area contributed by atoms with E-state index in [1.807, 2.05) is 4.90 Å². The van der Waals surface area contributed by atoms with Gasteiger partial charge in [0.05, 0.1) is 0 Å². The number of carboxylic acids is 1. The number of aliphatic carboxylic acids is 1. The molecule has 2 heterocycles. The molecule has 0 amide bonds. The van der Waals surface area contributed by atoms with Crippen molar-refractivity contribution in [2.75, 3.05) is 13.1 Å². The summed E-state index contributed by atoms with van der Waals surface area (Å²) in [7, 11) is 0. The fourth-order valence-electron chi connectivity index (χ4n) is 2.58. The van der Waals surface area contributed by atoms with Crippen molar-refractivity contribution in [1.29, 1.82) is 0 Å². The first-order valence-corrected chi connectivity index (χ1v) is 5.39. The number of piperazine rings is 1. The van der Waals surface area contributed by atoms with Gasteiger partial charge in [0.25, 0.3) is 0 Å². The summed E-state index contributed by atoms with van der Waals surface area (Å²) in [6.07, 6.45) is 1.28. The van der Waals surface area contributed by atoms with Crippen molar-refractivity contribution >= 4 is 11.9 Å². The molecule has 0 bridgehead atoms. The van der Waals surface area contributed by atoms with Crippen molar-refractivity contribution in [3.05, 3.63) is 0 Å². The Bertz CT molecular complexity index is 315. The lowest BCUT2D eigenvalue weighted by Gasteiger charge is -2.38. The van der Waals surface area contributed by atoms with Gasteiger partial charge in [-0.1, -0.05) is 0 Å². The van der Waals surface area contributed by atoms with Gasteiger partial charge in [0, 0.05) is 19.1 Å². The zero-order valence-corrected chi connectivity index (χ0v) is 8.97. The molecule has 0 spiro atoms. The molecule has 16 heavy (non-hydrogen) atoms. The number of hydrogen-bond acceptors (Lipinski definition) is 4. The fraction of sp³-hybridized carbons (Fsp3) is 0.778. The molecular weight excluding hydrogens is 210 g/mol. The molecule has 2 fully saturated rings. The van der Waals surface area contributed by atoms with Gasteiger partial charge in [-0.2, -0.15) is 0 Å². The first-order chi connectivity index (χ1) is 7.59. The standard InChI is InChI=1S/C9H17N5O2/c10-9(11)13-7-4-12-3-5-1-2-6(8(15)16)14(5)7/h5-7,12H,1-4H2,(H,15,16)(H4,10,11,13). The van der Waals surface area contributed by atoms with Gasteiger partial charge in [0.15, 0.2) is 5.96 Å². The summed E-state index contributed by atoms with van der Waals surface area (Å²) in [5, 5.41) is 12.3. The monoisotopic (exact) mass is 227 g/mol. The zero-order valence-electron chi connectivity index (χ0n) is 8.97. The molecule has 2 aliphatic heterocycles. The van der Waals surface area contributed by atoms with Crippen molar-refractivity contribution in [2.24, 2.45) is 16.5 Å². The summed E-state index contributed by atoms with van der Waals surface area (Å²) in [5.74, 6) is -0.788. The molecule has 0 aromatic heterocycles. The Kier molecular flexibility index (Phi) is 2.97. The lowest BCUT2D eigenvalue weighted by atomic mass is 10.2. The molecular formula is C9H17N5O2. The Hall–Kier alpha value is -1.34. The zero-order chi connectivity index (χ0) is 11.7. The van der Waals surface area contributed by atoms with Gasteiger partial charge in [-0.15, -0.1) is 0 Å². The van der Waals surface area contributed by atoms with E-state index in [9.17, 15) is 4.79 Å². The second kappa shape index (κ2) is 4.26. The lowest BCUT2D eigenvalue weighted by Crippen LogP contribution is -2.58. The number of hydrogen-bond donors (Lipinski definition) is 4. The average Bonchev–Trinajstić information content (AvgIpc) is 2.61. The highest BCUT2D eigenvalue weighted by atomic mass is 16.4. The molecule has 90 valence electrons. The van der Waals surface area contributed by atoms with E-state index in [-0.39, 0.29) is 18.2 Å². The third-order valence-corrected chi connectivity index (χ3v) is 3.19. The van der Waals surface area contributed by atoms with E-state index in [0.29, 0.717) is 13.0 Å². The first kappa shape index (κ1) is 11.2. The van der Waals surface area contributed by atoms with Gasteiger partial charge in [-0.3, -0.25) is 9.69 Å². The van der Waals surface area contributed by atoms with E-state index in [1.54, 1.807) is 0 Å². The maximum absolute atomic E-state index is 11.1. The van der Waals surface area contributed by atoms with Crippen molar-refractivity contribution < 1.29 is 9.90 Å². The van der Waals surface area contributed by atoms with Gasteiger partial charge >= 0.3 is 5.97 Å². The predicted molar refractivity (Wildman–Crippen MR) is 58.8 cm³/mol. The Morgan fingerprint density at radius 2 is 2.12 bits per heavy atom. The van der Waals surface area contributed by atoms with Gasteiger partial charge in [0.2, 0.25) is 0 Å². The van der Waals surface area contributed by atoms with Crippen LogP contribution in [0.5, 0.6) is 0 Å². The SMILES string of the molecule is NC(N)=NC1CNCC2CCC(C(=O)O)N21. The van der Waals surface area contributed by atoms with Gasteiger partial charge < -0.3 is 21.9 Å². The highest BCUT2D eigenvalue weighted by Gasteiger charge is 2.43. The van der Waals surface area contributed by atoms with Crippen LogP contribution in [0.3, 0.4) is 0 Å². The van der Waals surface area contributed by atoms with Crippen LogP contribution in [0.2, 0.25) is 0 Å². The Balaban J connectivity index is 2.19. The van der Waals surface area contributed by atoms with Gasteiger partial charge in [-0.05, 0) is 12.8 Å². The summed E-state index contributed by atoms with van der Waals surface area (Å²) in [6, 6.07) is -0.233. The summed E-state index contributed by atoms with van der Waals surface area (Å²) in [5.41, 5.74) is 10.7. The normalized spacial score (nSPS) is 34.4. The number of carboxylic acid groups (broad SMARTS) is 1. The Morgan fingerprint density at radius 1 is 1.38 bits per heavy atom. The topological polar surface area (TPSA) is 117 Å². The molecule has 0 aromatic rings. The number of aliphatic imine (C=N–C) groups is 1. The fourth-order valence-corrected chi connectivity index (χ4v) is 2.58. The molecule has 2 saturated heterocycles. The highest BCUT2D eigenvalue weighted by Crippen LogP contribution is 2.28. The smallest absolute Gasteiger partial charge is 0.320 e. The van der Waals surface area contributed by atoms with Crippen molar-refractivity contribution in [3.8, 4) is 0 Å². The molecule has 3 atom stereocenters. The van der Waals surface area contributed by atoms with Crippen LogP contribution in [0.15, 0.2) is 4.99 Å². The van der Waals surface area contributed by atoms with E-state index in [0.717, 1.165) is 13.0 Å². The number of nitrogens with two attached hydrogens (primary N) is 2. The third kappa shape index (κ3) is 1.96. The minimum Gasteiger partial charge on any atom is -0.480 e. The number of carbonyl (C=O) groups is 1. The molecule has 2 rings (SSSR count). The quantitative estimate of drug-likeness (QED) is 0.323. The van der Waals surface area contributed by atoms with Crippen molar-refractivity contribution in [1.82, 2.24) is 10.2 Å². The second-order valence-corrected chi connectivity index (χ2v) is 4.23. The summed E-state index contributed by atoms with van der Waals surface area (Å²) < 4.78 is 0. The average molecular weight is 227 g/mol. The van der Waals surface area contributed by atoms with E-state index in [4.69, 9.17) is 16.6 Å². The van der Waals surface area contributed by atoms with Crippen LogP contribution in [-0.4, -0.2) is 53.3 Å². The van der Waals surface area contributed by atoms with E-state index >= 15 is 0 Å². The molecule has 0 aromatic carbocycles. The maximum atomic E-state index is 11.1. The summed E-state index contributed by atoms with van der Waals surface area (Å²) in [4.78, 5) is 17.1. The number of nitrogens with one attached hydrogen (secondary N) is 1. The molecule has 7 nitrogen and oxygen atoms in total. The molecule has 3 unspecified atom stereocenters. The van der Waals surface area contributed by atoms with Crippen LogP contribution in [0.1, 0.15) is 12.8 Å². The highest BCUT2D eigenvalue weighted by molar-refractivity contribution is 5.76. The number of rotatable bonds is 2. The van der Waals surface area contributed by atoms with E-state index < -0.39 is 12.0 Å². The molecule has 7 heteroatoms. The summed E-state index contributed by atoms with van der Waals surface area (Å²) >= 11 is 0. The Labute approximate surface area is 93.5 Å². The van der Waals surface area contributed by atoms with Crippen LogP contribution in [0.4, 0.5) is 0 Å². The second-order valence-electron chi connectivity index (χ2n) is 4.23. The van der Waals surface area contributed by atoms with Gasteiger partial charge in [-0.25, -0.2) is 4.99 Å². The molecule has 0 radical (unpaired) electrons. The molecule has 0 aliphatic carbocycles. The molecule has 2 aliphatic rings. The lowest BCUT2D eigenvalue weighted by molar-refractivity contribution is -0.143. The van der Waals surface area contributed by atoms with Gasteiger partial charge in [0.1, 0.15) is 12.2 Å². The van der Waals surface area contributed by atoms with Crippen LogP contribution in [0.25, 0.3) is 0 Å². The molecule has 0 saturated carbocycles. The third-order valence-electron chi connectivity index (χ3n) is 3.19. The maximum Gasteiger partial charge on any atom is 0.320 e. The van der Waals surface area contributed by atoms with E-state index in [1.165, 1.54) is 0 Å². The number of fused-ring (bicyclic) bond motifs is 1. The summed E-state index contributed by atoms with van der Waals surface area (Å²) in [6.45, 7) is 1.40.